The van der Waals surface area contributed by atoms with E-state index in [9.17, 15) is 4.79 Å². The highest BCUT2D eigenvalue weighted by Crippen LogP contribution is 2.17. The molecule has 0 atom stereocenters. The molecule has 0 aliphatic rings. The molecule has 3 N–H and O–H groups in total. The largest absolute Gasteiger partial charge is 0.355 e. The zero-order chi connectivity index (χ0) is 17.3. The lowest BCUT2D eigenvalue weighted by molar-refractivity contribution is -0.120. The van der Waals surface area contributed by atoms with Crippen molar-refractivity contribution in [3.05, 3.63) is 46.0 Å². The maximum Gasteiger partial charge on any atom is 0.224 e. The van der Waals surface area contributed by atoms with E-state index >= 15 is 0 Å². The van der Waals surface area contributed by atoms with Crippen LogP contribution in [-0.4, -0.2) is 32.6 Å². The van der Waals surface area contributed by atoms with Crippen molar-refractivity contribution in [2.75, 3.05) is 6.54 Å². The maximum absolute atomic E-state index is 12.1. The third-order valence-corrected chi connectivity index (χ3v) is 4.45. The highest BCUT2D eigenvalue weighted by molar-refractivity contribution is 5.79. The lowest BCUT2D eigenvalue weighted by Gasteiger charge is -2.04. The van der Waals surface area contributed by atoms with Gasteiger partial charge in [0, 0.05) is 24.2 Å². The molecule has 6 heteroatoms. The first-order valence-electron chi connectivity index (χ1n) is 8.17. The minimum atomic E-state index is 0.00500. The number of carbonyl (C=O) groups excluding carboxylic acids is 1. The Morgan fingerprint density at radius 2 is 1.92 bits per heavy atom. The lowest BCUT2D eigenvalue weighted by Crippen LogP contribution is -2.27. The van der Waals surface area contributed by atoms with E-state index in [1.54, 1.807) is 0 Å². The van der Waals surface area contributed by atoms with Gasteiger partial charge in [0.05, 0.1) is 23.1 Å². The van der Waals surface area contributed by atoms with E-state index in [2.05, 4.69) is 51.5 Å². The van der Waals surface area contributed by atoms with Crippen molar-refractivity contribution in [3.63, 3.8) is 0 Å². The zero-order valence-electron chi connectivity index (χ0n) is 14.6. The maximum atomic E-state index is 12.1. The number of H-pyrrole nitrogens is 2. The minimum absolute atomic E-state index is 0.00500. The second-order valence-electron chi connectivity index (χ2n) is 6.33. The smallest absolute Gasteiger partial charge is 0.224 e. The Bertz CT molecular complexity index is 832. The fourth-order valence-electron chi connectivity index (χ4n) is 2.82. The van der Waals surface area contributed by atoms with E-state index in [4.69, 9.17) is 0 Å². The third-order valence-electron chi connectivity index (χ3n) is 4.45. The van der Waals surface area contributed by atoms with Crippen LogP contribution in [0.5, 0.6) is 0 Å². The first kappa shape index (κ1) is 16.2. The van der Waals surface area contributed by atoms with Crippen molar-refractivity contribution in [1.29, 1.82) is 0 Å². The number of aryl methyl sites for hydroxylation is 4. The van der Waals surface area contributed by atoms with Crippen LogP contribution in [0.3, 0.4) is 0 Å². The zero-order valence-corrected chi connectivity index (χ0v) is 14.6. The number of hydrogen-bond donors (Lipinski definition) is 3. The Morgan fingerprint density at radius 1 is 1.17 bits per heavy atom. The van der Waals surface area contributed by atoms with Crippen molar-refractivity contribution >= 4 is 16.9 Å². The molecule has 2 aromatic heterocycles. The van der Waals surface area contributed by atoms with Gasteiger partial charge < -0.3 is 10.3 Å². The normalized spacial score (nSPS) is 11.2. The number of nitrogens with zero attached hydrogens (tertiary/aromatic N) is 2. The standard InChI is InChI=1S/C18H23N5O/c1-10-7-15-16(8-11(10)2)21-17(20-15)5-6-19-18(24)9-14-12(3)22-23-13(14)4/h7-8H,5-6,9H2,1-4H3,(H,19,24)(H,20,21)(H,22,23). The Morgan fingerprint density at radius 3 is 2.62 bits per heavy atom. The summed E-state index contributed by atoms with van der Waals surface area (Å²) in [4.78, 5) is 20.0. The monoisotopic (exact) mass is 325 g/mol. The van der Waals surface area contributed by atoms with Crippen LogP contribution in [0, 0.1) is 27.7 Å². The summed E-state index contributed by atoms with van der Waals surface area (Å²) >= 11 is 0. The van der Waals surface area contributed by atoms with Crippen LogP contribution in [0.4, 0.5) is 0 Å². The first-order chi connectivity index (χ1) is 11.4. The summed E-state index contributed by atoms with van der Waals surface area (Å²) in [5.74, 6) is 0.899. The van der Waals surface area contributed by atoms with Crippen molar-refractivity contribution < 1.29 is 4.79 Å². The summed E-state index contributed by atoms with van der Waals surface area (Å²) in [6, 6.07) is 4.21. The summed E-state index contributed by atoms with van der Waals surface area (Å²) in [5, 5.41) is 9.97. The Labute approximate surface area is 141 Å². The number of aromatic nitrogens is 4. The molecule has 0 spiro atoms. The second kappa shape index (κ2) is 6.47. The molecule has 6 nitrogen and oxygen atoms in total. The number of nitrogens with one attached hydrogen (secondary N) is 3. The highest BCUT2D eigenvalue weighted by Gasteiger charge is 2.11. The quantitative estimate of drug-likeness (QED) is 0.673. The number of amides is 1. The van der Waals surface area contributed by atoms with Crippen LogP contribution in [0.1, 0.15) is 33.9 Å². The van der Waals surface area contributed by atoms with Gasteiger partial charge in [-0.25, -0.2) is 4.98 Å². The molecule has 1 aromatic carbocycles. The summed E-state index contributed by atoms with van der Waals surface area (Å²) in [7, 11) is 0. The number of hydrogen-bond acceptors (Lipinski definition) is 3. The van der Waals surface area contributed by atoms with Crippen molar-refractivity contribution in [3.8, 4) is 0 Å². The molecule has 0 unspecified atom stereocenters. The molecule has 3 rings (SSSR count). The predicted molar refractivity (Wildman–Crippen MR) is 94.0 cm³/mol. The molecule has 0 fully saturated rings. The van der Waals surface area contributed by atoms with Gasteiger partial charge in [-0.2, -0.15) is 5.10 Å². The molecule has 3 aromatic rings. The van der Waals surface area contributed by atoms with Gasteiger partial charge in [0.2, 0.25) is 5.91 Å². The molecule has 0 radical (unpaired) electrons. The number of fused-ring (bicyclic) bond motifs is 1. The fraction of sp³-hybridized carbons (Fsp3) is 0.389. The molecule has 24 heavy (non-hydrogen) atoms. The molecule has 0 aliphatic carbocycles. The predicted octanol–water partition coefficient (Wildman–Crippen LogP) is 2.42. The average molecular weight is 325 g/mol. The van der Waals surface area contributed by atoms with E-state index in [0.29, 0.717) is 19.4 Å². The molecule has 126 valence electrons. The van der Waals surface area contributed by atoms with Crippen LogP contribution >= 0.6 is 0 Å². The van der Waals surface area contributed by atoms with Crippen LogP contribution in [0.2, 0.25) is 0 Å². The number of benzene rings is 1. The SMILES string of the molecule is Cc1cc2nc(CCNC(=O)Cc3c(C)n[nH]c3C)[nH]c2cc1C. The van der Waals surface area contributed by atoms with E-state index in [-0.39, 0.29) is 5.91 Å². The van der Waals surface area contributed by atoms with Crippen molar-refractivity contribution in [1.82, 2.24) is 25.5 Å². The van der Waals surface area contributed by atoms with E-state index in [1.807, 2.05) is 13.8 Å². The van der Waals surface area contributed by atoms with Crippen molar-refractivity contribution in [2.45, 2.75) is 40.5 Å². The first-order valence-corrected chi connectivity index (χ1v) is 8.17. The van der Waals surface area contributed by atoms with Gasteiger partial charge in [0.25, 0.3) is 0 Å². The Balaban J connectivity index is 1.57. The average Bonchev–Trinajstić information content (AvgIpc) is 3.05. The molecule has 0 saturated carbocycles. The summed E-state index contributed by atoms with van der Waals surface area (Å²) in [6.07, 6.45) is 1.04. The van der Waals surface area contributed by atoms with E-state index in [1.165, 1.54) is 11.1 Å². The van der Waals surface area contributed by atoms with Gasteiger partial charge in [0.1, 0.15) is 5.82 Å². The molecule has 0 bridgehead atoms. The Kier molecular flexibility index (Phi) is 4.38. The molecular formula is C18H23N5O. The number of aromatic amines is 2. The van der Waals surface area contributed by atoms with Gasteiger partial charge in [-0.3, -0.25) is 9.89 Å². The lowest BCUT2D eigenvalue weighted by atomic mass is 10.1. The van der Waals surface area contributed by atoms with Crippen LogP contribution < -0.4 is 5.32 Å². The molecule has 0 saturated heterocycles. The molecular weight excluding hydrogens is 302 g/mol. The summed E-state index contributed by atoms with van der Waals surface area (Å²) in [6.45, 7) is 8.58. The van der Waals surface area contributed by atoms with Crippen LogP contribution in [-0.2, 0) is 17.6 Å². The van der Waals surface area contributed by atoms with Gasteiger partial charge in [-0.1, -0.05) is 0 Å². The number of carbonyl (C=O) groups is 1. The van der Waals surface area contributed by atoms with Crippen LogP contribution in [0.15, 0.2) is 12.1 Å². The number of imidazole rings is 1. The van der Waals surface area contributed by atoms with Gasteiger partial charge >= 0.3 is 0 Å². The molecule has 1 amide bonds. The van der Waals surface area contributed by atoms with E-state index in [0.717, 1.165) is 33.8 Å². The summed E-state index contributed by atoms with van der Waals surface area (Å²) in [5.41, 5.74) is 7.31. The van der Waals surface area contributed by atoms with Crippen LogP contribution in [0.25, 0.3) is 11.0 Å². The Hall–Kier alpha value is -2.63. The second-order valence-corrected chi connectivity index (χ2v) is 6.33. The highest BCUT2D eigenvalue weighted by atomic mass is 16.1. The summed E-state index contributed by atoms with van der Waals surface area (Å²) < 4.78 is 0. The minimum Gasteiger partial charge on any atom is -0.355 e. The topological polar surface area (TPSA) is 86.5 Å². The fourth-order valence-corrected chi connectivity index (χ4v) is 2.82. The van der Waals surface area contributed by atoms with Gasteiger partial charge in [-0.05, 0) is 51.0 Å². The van der Waals surface area contributed by atoms with Gasteiger partial charge in [-0.15, -0.1) is 0 Å². The van der Waals surface area contributed by atoms with E-state index < -0.39 is 0 Å². The van der Waals surface area contributed by atoms with Crippen molar-refractivity contribution in [2.24, 2.45) is 0 Å². The molecule has 0 aliphatic heterocycles. The third kappa shape index (κ3) is 3.32. The van der Waals surface area contributed by atoms with Gasteiger partial charge in [0.15, 0.2) is 0 Å². The molecule has 2 heterocycles. The number of rotatable bonds is 5.